The Bertz CT molecular complexity index is 1020. The highest BCUT2D eigenvalue weighted by Crippen LogP contribution is 2.25. The third-order valence-electron chi connectivity index (χ3n) is 4.01. The summed E-state index contributed by atoms with van der Waals surface area (Å²) in [6.07, 6.45) is 5.25. The van der Waals surface area contributed by atoms with Crippen LogP contribution in [0.15, 0.2) is 47.8 Å². The zero-order valence-electron chi connectivity index (χ0n) is 15.1. The van der Waals surface area contributed by atoms with Crippen molar-refractivity contribution >= 4 is 21.5 Å². The van der Waals surface area contributed by atoms with E-state index in [2.05, 4.69) is 20.4 Å². The lowest BCUT2D eigenvalue weighted by Crippen LogP contribution is -2.13. The number of sulfone groups is 1. The minimum atomic E-state index is -3.29. The summed E-state index contributed by atoms with van der Waals surface area (Å²) in [6, 6.07) is 6.80. The van der Waals surface area contributed by atoms with Crippen LogP contribution in [0.3, 0.4) is 0 Å². The van der Waals surface area contributed by atoms with Crippen LogP contribution in [0.1, 0.15) is 19.4 Å². The van der Waals surface area contributed by atoms with Crippen LogP contribution in [0.2, 0.25) is 0 Å². The lowest BCUT2D eigenvalue weighted by atomic mass is 10.1. The average Bonchev–Trinajstić information content (AvgIpc) is 3.01. The molecule has 3 aromatic rings. The second-order valence-corrected chi connectivity index (χ2v) is 8.88. The van der Waals surface area contributed by atoms with Gasteiger partial charge in [-0.2, -0.15) is 5.10 Å². The van der Waals surface area contributed by atoms with Gasteiger partial charge in [-0.1, -0.05) is 12.1 Å². The van der Waals surface area contributed by atoms with E-state index < -0.39 is 15.1 Å². The molecule has 7 nitrogen and oxygen atoms in total. The number of rotatable bonds is 5. The van der Waals surface area contributed by atoms with Crippen molar-refractivity contribution in [1.29, 1.82) is 0 Å². The molecule has 1 N–H and O–H groups in total. The highest BCUT2D eigenvalue weighted by molar-refractivity contribution is 7.92. The Balaban J connectivity index is 1.92. The van der Waals surface area contributed by atoms with Crippen LogP contribution in [-0.4, -0.2) is 33.4 Å². The van der Waals surface area contributed by atoms with Crippen LogP contribution in [0, 0.1) is 6.92 Å². The van der Waals surface area contributed by atoms with Gasteiger partial charge >= 0.3 is 0 Å². The monoisotopic (exact) mass is 371 g/mol. The topological polar surface area (TPSA) is 89.8 Å². The van der Waals surface area contributed by atoms with Gasteiger partial charge in [-0.25, -0.2) is 18.4 Å². The first-order valence-electron chi connectivity index (χ1n) is 8.21. The van der Waals surface area contributed by atoms with Gasteiger partial charge in [-0.05, 0) is 38.5 Å². The molecule has 1 aromatic carbocycles. The van der Waals surface area contributed by atoms with Gasteiger partial charge in [0.25, 0.3) is 0 Å². The smallest absolute Gasteiger partial charge is 0.227 e. The maximum Gasteiger partial charge on any atom is 0.227 e. The van der Waals surface area contributed by atoms with Crippen molar-refractivity contribution in [3.8, 4) is 11.3 Å². The molecule has 0 saturated heterocycles. The first kappa shape index (κ1) is 18.1. The second kappa shape index (κ2) is 6.87. The summed E-state index contributed by atoms with van der Waals surface area (Å²) < 4.78 is 26.2. The Morgan fingerprint density at radius 1 is 1.12 bits per heavy atom. The van der Waals surface area contributed by atoms with E-state index in [1.165, 1.54) is 0 Å². The van der Waals surface area contributed by atoms with E-state index in [4.69, 9.17) is 0 Å². The van der Waals surface area contributed by atoms with Crippen molar-refractivity contribution in [3.63, 3.8) is 0 Å². The van der Waals surface area contributed by atoms with Crippen LogP contribution in [0.5, 0.6) is 0 Å². The maximum absolute atomic E-state index is 12.3. The van der Waals surface area contributed by atoms with Crippen LogP contribution in [0.25, 0.3) is 11.3 Å². The molecule has 3 rings (SSSR count). The Morgan fingerprint density at radius 2 is 1.81 bits per heavy atom. The van der Waals surface area contributed by atoms with E-state index >= 15 is 0 Å². The fourth-order valence-electron chi connectivity index (χ4n) is 2.48. The first-order chi connectivity index (χ1) is 12.3. The number of nitrogens with zero attached hydrogens (tertiary/aromatic N) is 4. The molecular weight excluding hydrogens is 350 g/mol. The van der Waals surface area contributed by atoms with E-state index in [1.807, 2.05) is 20.2 Å². The van der Waals surface area contributed by atoms with Crippen molar-refractivity contribution in [3.05, 3.63) is 48.4 Å². The number of hydrogen-bond acceptors (Lipinski definition) is 6. The molecule has 2 heterocycles. The summed E-state index contributed by atoms with van der Waals surface area (Å²) in [5.74, 6) is 0.456. The number of anilines is 2. The number of aromatic nitrogens is 4. The lowest BCUT2D eigenvalue weighted by Gasteiger charge is -2.10. The zero-order chi connectivity index (χ0) is 18.9. The molecule has 0 aliphatic heterocycles. The molecular formula is C18H21N5O2S. The quantitative estimate of drug-likeness (QED) is 0.741. The minimum absolute atomic E-state index is 0.316. The summed E-state index contributed by atoms with van der Waals surface area (Å²) in [5, 5.41) is 6.76. The molecule has 0 saturated carbocycles. The molecule has 0 spiro atoms. The standard InChI is InChI=1S/C18H21N5O2S/c1-12(2)26(24,25)16-7-5-14(6-8-16)17-13(3)9-19-18(22-17)21-15-10-20-23(4)11-15/h5-12H,1-4H3,(H,19,21,22). The van der Waals surface area contributed by atoms with Crippen LogP contribution in [-0.2, 0) is 16.9 Å². The van der Waals surface area contributed by atoms with E-state index in [0.717, 1.165) is 22.5 Å². The van der Waals surface area contributed by atoms with Crippen molar-refractivity contribution < 1.29 is 8.42 Å². The fourth-order valence-corrected chi connectivity index (χ4v) is 3.54. The van der Waals surface area contributed by atoms with E-state index in [-0.39, 0.29) is 0 Å². The van der Waals surface area contributed by atoms with Gasteiger partial charge in [0.1, 0.15) is 0 Å². The molecule has 26 heavy (non-hydrogen) atoms. The number of hydrogen-bond donors (Lipinski definition) is 1. The van der Waals surface area contributed by atoms with Crippen LogP contribution in [0.4, 0.5) is 11.6 Å². The van der Waals surface area contributed by atoms with Gasteiger partial charge in [-0.15, -0.1) is 0 Å². The molecule has 0 unspecified atom stereocenters. The van der Waals surface area contributed by atoms with E-state index in [1.54, 1.807) is 55.2 Å². The van der Waals surface area contributed by atoms with Gasteiger partial charge in [0.15, 0.2) is 9.84 Å². The minimum Gasteiger partial charge on any atom is -0.321 e. The third kappa shape index (κ3) is 3.60. The highest BCUT2D eigenvalue weighted by atomic mass is 32.2. The third-order valence-corrected chi connectivity index (χ3v) is 6.18. The second-order valence-electron chi connectivity index (χ2n) is 6.37. The largest absolute Gasteiger partial charge is 0.321 e. The number of aryl methyl sites for hydroxylation is 2. The molecule has 0 fully saturated rings. The van der Waals surface area contributed by atoms with E-state index in [0.29, 0.717) is 10.8 Å². The molecule has 0 amide bonds. The Morgan fingerprint density at radius 3 is 2.38 bits per heavy atom. The van der Waals surface area contributed by atoms with Gasteiger partial charge in [0, 0.05) is 25.0 Å². The number of benzene rings is 1. The van der Waals surface area contributed by atoms with Crippen molar-refractivity contribution in [1.82, 2.24) is 19.7 Å². The molecule has 136 valence electrons. The molecule has 0 radical (unpaired) electrons. The lowest BCUT2D eigenvalue weighted by molar-refractivity contribution is 0.587. The Labute approximate surface area is 153 Å². The molecule has 0 aliphatic carbocycles. The first-order valence-corrected chi connectivity index (χ1v) is 9.75. The van der Waals surface area contributed by atoms with Crippen molar-refractivity contribution in [2.24, 2.45) is 7.05 Å². The Kier molecular flexibility index (Phi) is 4.78. The van der Waals surface area contributed by atoms with Crippen molar-refractivity contribution in [2.75, 3.05) is 5.32 Å². The summed E-state index contributed by atoms with van der Waals surface area (Å²) in [4.78, 5) is 9.18. The highest BCUT2D eigenvalue weighted by Gasteiger charge is 2.19. The van der Waals surface area contributed by atoms with Gasteiger partial charge < -0.3 is 5.32 Å². The summed E-state index contributed by atoms with van der Waals surface area (Å²) in [7, 11) is -1.45. The SMILES string of the molecule is Cc1cnc(Nc2cnn(C)c2)nc1-c1ccc(S(=O)(=O)C(C)C)cc1. The van der Waals surface area contributed by atoms with Gasteiger partial charge in [0.05, 0.1) is 27.7 Å². The normalized spacial score (nSPS) is 11.7. The molecule has 8 heteroatoms. The van der Waals surface area contributed by atoms with Gasteiger partial charge in [0.2, 0.25) is 5.95 Å². The fraction of sp³-hybridized carbons (Fsp3) is 0.278. The predicted molar refractivity (Wildman–Crippen MR) is 101 cm³/mol. The van der Waals surface area contributed by atoms with E-state index in [9.17, 15) is 8.42 Å². The molecule has 0 aliphatic rings. The maximum atomic E-state index is 12.3. The summed E-state index contributed by atoms with van der Waals surface area (Å²) in [6.45, 7) is 5.27. The summed E-state index contributed by atoms with van der Waals surface area (Å²) >= 11 is 0. The number of nitrogens with one attached hydrogen (secondary N) is 1. The van der Waals surface area contributed by atoms with Crippen molar-refractivity contribution in [2.45, 2.75) is 30.9 Å². The average molecular weight is 371 g/mol. The molecule has 0 bridgehead atoms. The Hall–Kier alpha value is -2.74. The summed E-state index contributed by atoms with van der Waals surface area (Å²) in [5.41, 5.74) is 3.28. The molecule has 2 aromatic heterocycles. The molecule has 0 atom stereocenters. The van der Waals surface area contributed by atoms with Gasteiger partial charge in [-0.3, -0.25) is 4.68 Å². The predicted octanol–water partition coefficient (Wildman–Crippen LogP) is 3.11. The van der Waals surface area contributed by atoms with Crippen LogP contribution < -0.4 is 5.32 Å². The van der Waals surface area contributed by atoms with Crippen LogP contribution >= 0.6 is 0 Å². The zero-order valence-corrected chi connectivity index (χ0v) is 15.9.